The van der Waals surface area contributed by atoms with Gasteiger partial charge < -0.3 is 19.5 Å². The molecule has 1 heterocycles. The number of hydrogen-bond acceptors (Lipinski definition) is 7. The second-order valence-electron chi connectivity index (χ2n) is 6.88. The zero-order valence-corrected chi connectivity index (χ0v) is 19.5. The molecule has 8 heteroatoms. The lowest BCUT2D eigenvalue weighted by Gasteiger charge is -2.24. The molecule has 1 amide bonds. The van der Waals surface area contributed by atoms with E-state index in [-0.39, 0.29) is 12.7 Å². The summed E-state index contributed by atoms with van der Waals surface area (Å²) in [7, 11) is 1.71. The Bertz CT molecular complexity index is 539. The Morgan fingerprint density at radius 3 is 2.21 bits per heavy atom. The van der Waals surface area contributed by atoms with Crippen LogP contribution in [0.5, 0.6) is 0 Å². The van der Waals surface area contributed by atoms with E-state index >= 15 is 0 Å². The van der Waals surface area contributed by atoms with Crippen LogP contribution in [0.1, 0.15) is 76.8 Å². The minimum absolute atomic E-state index is 0.250. The summed E-state index contributed by atoms with van der Waals surface area (Å²) in [6.07, 6.45) is 2.38. The van der Waals surface area contributed by atoms with Gasteiger partial charge in [0.05, 0.1) is 11.6 Å². The average molecular weight is 419 g/mol. The third kappa shape index (κ3) is 15.4. The maximum Gasteiger partial charge on any atom is 0.410 e. The minimum atomic E-state index is -0.491. The molecular weight excluding hydrogens is 380 g/mol. The summed E-state index contributed by atoms with van der Waals surface area (Å²) in [5.41, 5.74) is -0.141. The predicted octanol–water partition coefficient (Wildman–Crippen LogP) is 4.53. The molecule has 1 aromatic rings. The summed E-state index contributed by atoms with van der Waals surface area (Å²) in [6.45, 7) is 14.4. The zero-order chi connectivity index (χ0) is 22.2. The number of aliphatic hydroxyl groups excluding tert-OH is 1. The molecule has 0 fully saturated rings. The van der Waals surface area contributed by atoms with Gasteiger partial charge in [-0.2, -0.15) is 0 Å². The van der Waals surface area contributed by atoms with Crippen LogP contribution in [0.3, 0.4) is 0 Å². The van der Waals surface area contributed by atoms with Crippen molar-refractivity contribution in [1.29, 1.82) is 0 Å². The van der Waals surface area contributed by atoms with E-state index in [4.69, 9.17) is 14.6 Å². The lowest BCUT2D eigenvalue weighted by Crippen LogP contribution is -2.34. The van der Waals surface area contributed by atoms with Crippen LogP contribution in [0.4, 0.5) is 4.79 Å². The van der Waals surface area contributed by atoms with Gasteiger partial charge in [0, 0.05) is 32.0 Å². The van der Waals surface area contributed by atoms with Crippen molar-refractivity contribution in [3.05, 3.63) is 16.1 Å². The molecule has 0 saturated carbocycles. The second-order valence-corrected chi connectivity index (χ2v) is 7.82. The summed E-state index contributed by atoms with van der Waals surface area (Å²) >= 11 is 1.43. The third-order valence-electron chi connectivity index (χ3n) is 2.63. The summed E-state index contributed by atoms with van der Waals surface area (Å²) in [5.74, 6) is -0.393. The predicted molar refractivity (Wildman–Crippen MR) is 114 cm³/mol. The molecular formula is C20H38N2O5S. The number of rotatable bonds is 6. The van der Waals surface area contributed by atoms with Gasteiger partial charge in [-0.25, -0.2) is 14.6 Å². The first-order valence-corrected chi connectivity index (χ1v) is 10.6. The fourth-order valence-corrected chi connectivity index (χ4v) is 2.43. The van der Waals surface area contributed by atoms with Gasteiger partial charge in [0.15, 0.2) is 5.69 Å². The topological polar surface area (TPSA) is 89.0 Å². The first kappa shape index (κ1) is 28.5. The monoisotopic (exact) mass is 418 g/mol. The summed E-state index contributed by atoms with van der Waals surface area (Å²) in [5, 5.41) is 10.1. The number of aryl methyl sites for hydroxylation is 1. The van der Waals surface area contributed by atoms with Crippen LogP contribution in [0, 0.1) is 0 Å². The van der Waals surface area contributed by atoms with Gasteiger partial charge in [-0.15, -0.1) is 11.3 Å². The van der Waals surface area contributed by atoms with E-state index in [1.165, 1.54) is 17.8 Å². The van der Waals surface area contributed by atoms with E-state index in [2.05, 4.69) is 18.8 Å². The molecule has 0 aliphatic carbocycles. The van der Waals surface area contributed by atoms with Crippen LogP contribution in [0.2, 0.25) is 0 Å². The average Bonchev–Trinajstić information content (AvgIpc) is 3.04. The molecule has 0 aliphatic heterocycles. The van der Waals surface area contributed by atoms with Crippen molar-refractivity contribution in [3.8, 4) is 0 Å². The maximum atomic E-state index is 11.8. The third-order valence-corrected chi connectivity index (χ3v) is 3.53. The van der Waals surface area contributed by atoms with E-state index in [0.29, 0.717) is 25.3 Å². The Balaban J connectivity index is 0. The number of carbonyl (C=O) groups is 2. The molecule has 7 nitrogen and oxygen atoms in total. The van der Waals surface area contributed by atoms with Gasteiger partial charge in [0.2, 0.25) is 0 Å². The standard InChI is InChI=1S/C15H24N2O4S.C3H8.C2H6O/c1-6-20-13(18)11-10-22-12(16-11)8-7-9-17(5)14(19)21-15(2,3)4;1-3-2;1-2-3/h10H,6-9H2,1-5H3;3H2,1-2H3;3H,2H2,1H3. The normalized spacial score (nSPS) is 10.0. The number of aromatic nitrogens is 1. The molecule has 164 valence electrons. The van der Waals surface area contributed by atoms with Crippen molar-refractivity contribution >= 4 is 23.4 Å². The number of hydrogen-bond donors (Lipinski definition) is 1. The number of thiazole rings is 1. The molecule has 28 heavy (non-hydrogen) atoms. The second kappa shape index (κ2) is 16.3. The van der Waals surface area contributed by atoms with Crippen LogP contribution >= 0.6 is 11.3 Å². The summed E-state index contributed by atoms with van der Waals surface area (Å²) in [6, 6.07) is 0. The molecule has 0 spiro atoms. The Hall–Kier alpha value is -1.67. The number of ether oxygens (including phenoxy) is 2. The Morgan fingerprint density at radius 1 is 1.21 bits per heavy atom. The number of amides is 1. The van der Waals surface area contributed by atoms with Gasteiger partial charge in [0.25, 0.3) is 0 Å². The molecule has 1 aromatic heterocycles. The molecule has 1 rings (SSSR count). The van der Waals surface area contributed by atoms with Crippen LogP contribution in [0.15, 0.2) is 5.38 Å². The largest absolute Gasteiger partial charge is 0.461 e. The summed E-state index contributed by atoms with van der Waals surface area (Å²) in [4.78, 5) is 29.1. The van der Waals surface area contributed by atoms with Gasteiger partial charge in [-0.1, -0.05) is 20.3 Å². The van der Waals surface area contributed by atoms with E-state index in [0.717, 1.165) is 11.4 Å². The Labute approximate surface area is 174 Å². The number of carbonyl (C=O) groups excluding carboxylic acids is 2. The first-order valence-electron chi connectivity index (χ1n) is 9.72. The zero-order valence-electron chi connectivity index (χ0n) is 18.7. The van der Waals surface area contributed by atoms with E-state index < -0.39 is 11.6 Å². The van der Waals surface area contributed by atoms with Gasteiger partial charge in [0.1, 0.15) is 5.60 Å². The molecule has 0 unspecified atom stereocenters. The molecule has 0 radical (unpaired) electrons. The Morgan fingerprint density at radius 2 is 1.75 bits per heavy atom. The number of nitrogens with zero attached hydrogens (tertiary/aromatic N) is 2. The van der Waals surface area contributed by atoms with Crippen LogP contribution in [0.25, 0.3) is 0 Å². The molecule has 1 N–H and O–H groups in total. The fourth-order valence-electron chi connectivity index (χ4n) is 1.62. The van der Waals surface area contributed by atoms with E-state index in [9.17, 15) is 9.59 Å². The molecule has 0 aromatic carbocycles. The first-order chi connectivity index (χ1) is 13.1. The molecule has 0 bridgehead atoms. The molecule has 0 aliphatic rings. The van der Waals surface area contributed by atoms with E-state index in [1.807, 2.05) is 20.8 Å². The lowest BCUT2D eigenvalue weighted by molar-refractivity contribution is 0.0297. The van der Waals surface area contributed by atoms with Crippen LogP contribution in [-0.4, -0.2) is 59.5 Å². The highest BCUT2D eigenvalue weighted by atomic mass is 32.1. The maximum absolute atomic E-state index is 11.8. The number of aliphatic hydroxyl groups is 1. The van der Waals surface area contributed by atoms with Gasteiger partial charge in [-0.05, 0) is 41.0 Å². The fraction of sp³-hybridized carbons (Fsp3) is 0.750. The Kier molecular flexibility index (Phi) is 16.6. The van der Waals surface area contributed by atoms with Crippen molar-refractivity contribution < 1.29 is 24.2 Å². The summed E-state index contributed by atoms with van der Waals surface area (Å²) < 4.78 is 10.2. The SMILES string of the molecule is CCC.CCO.CCOC(=O)c1csc(CCCN(C)C(=O)OC(C)(C)C)n1. The highest BCUT2D eigenvalue weighted by molar-refractivity contribution is 7.09. The van der Waals surface area contributed by atoms with Crippen molar-refractivity contribution in [1.82, 2.24) is 9.88 Å². The smallest absolute Gasteiger partial charge is 0.410 e. The quantitative estimate of drug-likeness (QED) is 0.683. The van der Waals surface area contributed by atoms with Crippen molar-refractivity contribution in [2.75, 3.05) is 26.8 Å². The highest BCUT2D eigenvalue weighted by Crippen LogP contribution is 2.14. The van der Waals surface area contributed by atoms with Gasteiger partial charge >= 0.3 is 12.1 Å². The van der Waals surface area contributed by atoms with E-state index in [1.54, 1.807) is 31.2 Å². The molecule has 0 atom stereocenters. The van der Waals surface area contributed by atoms with Crippen molar-refractivity contribution in [3.63, 3.8) is 0 Å². The van der Waals surface area contributed by atoms with Crippen LogP contribution in [-0.2, 0) is 15.9 Å². The molecule has 0 saturated heterocycles. The van der Waals surface area contributed by atoms with Crippen LogP contribution < -0.4 is 0 Å². The minimum Gasteiger partial charge on any atom is -0.461 e. The lowest BCUT2D eigenvalue weighted by atomic mass is 10.2. The van der Waals surface area contributed by atoms with Crippen molar-refractivity contribution in [2.45, 2.75) is 73.3 Å². The van der Waals surface area contributed by atoms with Gasteiger partial charge in [-0.3, -0.25) is 0 Å². The highest BCUT2D eigenvalue weighted by Gasteiger charge is 2.19. The van der Waals surface area contributed by atoms with Crippen molar-refractivity contribution in [2.24, 2.45) is 0 Å². The number of esters is 1.